The van der Waals surface area contributed by atoms with E-state index in [1.54, 1.807) is 6.20 Å². The van der Waals surface area contributed by atoms with Crippen LogP contribution in [0.3, 0.4) is 0 Å². The van der Waals surface area contributed by atoms with Gasteiger partial charge in [0.25, 0.3) is 0 Å². The fourth-order valence-corrected chi connectivity index (χ4v) is 0.703. The molecule has 0 radical (unpaired) electrons. The molecule has 80 valence electrons. The number of nitrogens with zero attached hydrogens (tertiary/aromatic N) is 1. The SMILES string of the molecule is C=CC/C=C\CCC=N/C=C\C.CC. The van der Waals surface area contributed by atoms with Crippen molar-refractivity contribution >= 4 is 6.21 Å². The van der Waals surface area contributed by atoms with Crippen LogP contribution < -0.4 is 0 Å². The Hall–Kier alpha value is -1.11. The van der Waals surface area contributed by atoms with Gasteiger partial charge >= 0.3 is 0 Å². The third-order valence-corrected chi connectivity index (χ3v) is 1.27. The van der Waals surface area contributed by atoms with Crippen LogP contribution in [-0.4, -0.2) is 6.21 Å². The van der Waals surface area contributed by atoms with Crippen molar-refractivity contribution in [2.45, 2.75) is 40.0 Å². The molecule has 0 aromatic heterocycles. The summed E-state index contributed by atoms with van der Waals surface area (Å²) in [7, 11) is 0. The second-order valence-electron chi connectivity index (χ2n) is 2.39. The minimum atomic E-state index is 0.964. The third-order valence-electron chi connectivity index (χ3n) is 1.27. The Morgan fingerprint density at radius 1 is 1.14 bits per heavy atom. The number of aliphatic imine (C=N–C) groups is 1. The lowest BCUT2D eigenvalue weighted by Gasteiger charge is -1.84. The molecule has 0 atom stereocenters. The number of hydrogen-bond acceptors (Lipinski definition) is 1. The van der Waals surface area contributed by atoms with Crippen molar-refractivity contribution in [3.05, 3.63) is 37.1 Å². The molecule has 0 heterocycles. The van der Waals surface area contributed by atoms with E-state index in [9.17, 15) is 0 Å². The van der Waals surface area contributed by atoms with E-state index < -0.39 is 0 Å². The molecular formula is C13H23N. The highest BCUT2D eigenvalue weighted by molar-refractivity contribution is 5.58. The topological polar surface area (TPSA) is 12.4 Å². The van der Waals surface area contributed by atoms with Crippen molar-refractivity contribution in [1.82, 2.24) is 0 Å². The lowest BCUT2D eigenvalue weighted by atomic mass is 10.3. The Labute approximate surface area is 89.0 Å². The molecule has 0 saturated carbocycles. The third kappa shape index (κ3) is 17.1. The van der Waals surface area contributed by atoms with Gasteiger partial charge in [-0.1, -0.05) is 38.2 Å². The molecule has 0 aromatic rings. The lowest BCUT2D eigenvalue weighted by molar-refractivity contribution is 1.10. The summed E-state index contributed by atoms with van der Waals surface area (Å²) >= 11 is 0. The molecule has 0 rings (SSSR count). The van der Waals surface area contributed by atoms with E-state index in [1.165, 1.54) is 0 Å². The summed E-state index contributed by atoms with van der Waals surface area (Å²) in [4.78, 5) is 4.05. The van der Waals surface area contributed by atoms with Crippen LogP contribution in [0.1, 0.15) is 40.0 Å². The van der Waals surface area contributed by atoms with Gasteiger partial charge in [0, 0.05) is 12.4 Å². The molecule has 0 N–H and O–H groups in total. The van der Waals surface area contributed by atoms with E-state index >= 15 is 0 Å². The molecule has 0 amide bonds. The summed E-state index contributed by atoms with van der Waals surface area (Å²) < 4.78 is 0. The average molecular weight is 193 g/mol. The smallest absolute Gasteiger partial charge is 0.0221 e. The van der Waals surface area contributed by atoms with Crippen molar-refractivity contribution in [2.75, 3.05) is 0 Å². The summed E-state index contributed by atoms with van der Waals surface area (Å²) in [6.45, 7) is 9.59. The zero-order valence-electron chi connectivity index (χ0n) is 9.74. The molecule has 0 spiro atoms. The van der Waals surface area contributed by atoms with Crippen LogP contribution in [-0.2, 0) is 0 Å². The Bertz CT molecular complexity index is 176. The van der Waals surface area contributed by atoms with Gasteiger partial charge < -0.3 is 0 Å². The molecule has 1 nitrogen and oxygen atoms in total. The molecule has 0 aliphatic rings. The monoisotopic (exact) mass is 193 g/mol. The van der Waals surface area contributed by atoms with Gasteiger partial charge in [0.2, 0.25) is 0 Å². The van der Waals surface area contributed by atoms with Gasteiger partial charge in [-0.3, -0.25) is 4.99 Å². The maximum absolute atomic E-state index is 4.05. The number of hydrogen-bond donors (Lipinski definition) is 0. The van der Waals surface area contributed by atoms with Gasteiger partial charge in [-0.15, -0.1) is 6.58 Å². The second-order valence-corrected chi connectivity index (χ2v) is 2.39. The standard InChI is InChI=1S/C11H17N.C2H6/c1-3-5-6-7-8-9-11-12-10-4-2;1-2/h3-4,6-7,10-11H,1,5,8-9H2,2H3;1-2H3/b7-6-,10-4-,12-11?;. The molecule has 0 aliphatic carbocycles. The second kappa shape index (κ2) is 17.8. The molecular weight excluding hydrogens is 170 g/mol. The van der Waals surface area contributed by atoms with Crippen LogP contribution in [0.2, 0.25) is 0 Å². The van der Waals surface area contributed by atoms with E-state index in [2.05, 4.69) is 23.7 Å². The van der Waals surface area contributed by atoms with Gasteiger partial charge in [-0.2, -0.15) is 0 Å². The Kier molecular flexibility index (Phi) is 19.6. The van der Waals surface area contributed by atoms with Gasteiger partial charge in [-0.25, -0.2) is 0 Å². The zero-order valence-corrected chi connectivity index (χ0v) is 9.74. The molecule has 0 aliphatic heterocycles. The van der Waals surface area contributed by atoms with E-state index in [1.807, 2.05) is 39.1 Å². The first-order valence-corrected chi connectivity index (χ1v) is 5.30. The maximum Gasteiger partial charge on any atom is 0.0221 e. The molecule has 0 saturated heterocycles. The predicted octanol–water partition coefficient (Wildman–Crippen LogP) is 4.53. The summed E-state index contributed by atoms with van der Waals surface area (Å²) in [6.07, 6.45) is 14.9. The first-order valence-electron chi connectivity index (χ1n) is 5.30. The van der Waals surface area contributed by atoms with Crippen molar-refractivity contribution in [1.29, 1.82) is 0 Å². The highest BCUT2D eigenvalue weighted by Gasteiger charge is 1.75. The lowest BCUT2D eigenvalue weighted by Crippen LogP contribution is -1.71. The summed E-state index contributed by atoms with van der Waals surface area (Å²) in [5.74, 6) is 0. The van der Waals surface area contributed by atoms with Gasteiger partial charge in [0.05, 0.1) is 0 Å². The highest BCUT2D eigenvalue weighted by atomic mass is 14.7. The summed E-state index contributed by atoms with van der Waals surface area (Å²) in [5, 5.41) is 0. The largest absolute Gasteiger partial charge is 0.269 e. The number of rotatable bonds is 6. The van der Waals surface area contributed by atoms with Gasteiger partial charge in [-0.05, 0) is 26.2 Å². The highest BCUT2D eigenvalue weighted by Crippen LogP contribution is 1.91. The van der Waals surface area contributed by atoms with Crippen molar-refractivity contribution in [3.63, 3.8) is 0 Å². The quantitative estimate of drug-likeness (QED) is 0.334. The molecule has 0 aromatic carbocycles. The van der Waals surface area contributed by atoms with E-state index in [-0.39, 0.29) is 0 Å². The van der Waals surface area contributed by atoms with Crippen molar-refractivity contribution in [2.24, 2.45) is 4.99 Å². The van der Waals surface area contributed by atoms with Gasteiger partial charge in [0.15, 0.2) is 0 Å². The molecule has 0 fully saturated rings. The molecule has 1 heteroatoms. The van der Waals surface area contributed by atoms with Crippen LogP contribution >= 0.6 is 0 Å². The Morgan fingerprint density at radius 3 is 2.43 bits per heavy atom. The van der Waals surface area contributed by atoms with Crippen LogP contribution in [0.25, 0.3) is 0 Å². The van der Waals surface area contributed by atoms with E-state index in [4.69, 9.17) is 0 Å². The van der Waals surface area contributed by atoms with Crippen LogP contribution in [0.5, 0.6) is 0 Å². The molecule has 14 heavy (non-hydrogen) atoms. The van der Waals surface area contributed by atoms with Crippen LogP contribution in [0.4, 0.5) is 0 Å². The zero-order chi connectivity index (χ0) is 11.1. The van der Waals surface area contributed by atoms with Crippen LogP contribution in [0, 0.1) is 0 Å². The van der Waals surface area contributed by atoms with Crippen molar-refractivity contribution < 1.29 is 0 Å². The summed E-state index contributed by atoms with van der Waals surface area (Å²) in [5.41, 5.74) is 0. The maximum atomic E-state index is 4.05. The van der Waals surface area contributed by atoms with Crippen LogP contribution in [0.15, 0.2) is 42.1 Å². The predicted molar refractivity (Wildman–Crippen MR) is 67.8 cm³/mol. The minimum Gasteiger partial charge on any atom is -0.269 e. The number of unbranched alkanes of at least 4 members (excludes halogenated alkanes) is 1. The fourth-order valence-electron chi connectivity index (χ4n) is 0.703. The fraction of sp³-hybridized carbons (Fsp3) is 0.462. The normalized spacial score (nSPS) is 10.8. The molecule has 0 bridgehead atoms. The number of allylic oxidation sites excluding steroid dienone is 4. The van der Waals surface area contributed by atoms with E-state index in [0.29, 0.717) is 0 Å². The van der Waals surface area contributed by atoms with Gasteiger partial charge in [0.1, 0.15) is 0 Å². The Morgan fingerprint density at radius 2 is 1.86 bits per heavy atom. The summed E-state index contributed by atoms with van der Waals surface area (Å²) in [6, 6.07) is 0. The minimum absolute atomic E-state index is 0.964. The molecule has 0 unspecified atom stereocenters. The van der Waals surface area contributed by atoms with E-state index in [0.717, 1.165) is 19.3 Å². The average Bonchev–Trinajstić information content (AvgIpc) is 2.25. The Balaban J connectivity index is 0. The first-order chi connectivity index (χ1) is 6.91. The first kappa shape index (κ1) is 15.4. The van der Waals surface area contributed by atoms with Crippen molar-refractivity contribution in [3.8, 4) is 0 Å².